The van der Waals surface area contributed by atoms with E-state index in [1.165, 1.54) is 0 Å². The van der Waals surface area contributed by atoms with Crippen LogP contribution in [0.25, 0.3) is 0 Å². The van der Waals surface area contributed by atoms with Gasteiger partial charge in [-0.15, -0.1) is 11.8 Å². The van der Waals surface area contributed by atoms with Gasteiger partial charge in [0, 0.05) is 24.6 Å². The number of rotatable bonds is 6. The minimum absolute atomic E-state index is 0.0653. The Kier molecular flexibility index (Phi) is 5.41. The van der Waals surface area contributed by atoms with Crippen molar-refractivity contribution in [3.05, 3.63) is 42.2 Å². The minimum Gasteiger partial charge on any atom is -0.325 e. The number of aromatic nitrogens is 2. The highest BCUT2D eigenvalue weighted by atomic mass is 32.2. The van der Waals surface area contributed by atoms with Gasteiger partial charge in [0.05, 0.1) is 17.4 Å². The fraction of sp³-hybridized carbons (Fsp3) is 0.267. The van der Waals surface area contributed by atoms with Gasteiger partial charge in [-0.25, -0.2) is 0 Å². The van der Waals surface area contributed by atoms with Gasteiger partial charge in [0.25, 0.3) is 0 Å². The molecule has 0 bridgehead atoms. The predicted octanol–water partition coefficient (Wildman–Crippen LogP) is 2.80. The van der Waals surface area contributed by atoms with Crippen molar-refractivity contribution in [1.29, 1.82) is 5.26 Å². The molecule has 0 aliphatic heterocycles. The number of carbonyl (C=O) groups is 1. The van der Waals surface area contributed by atoms with Crippen LogP contribution in [0.1, 0.15) is 18.4 Å². The van der Waals surface area contributed by atoms with Crippen molar-refractivity contribution in [2.75, 3.05) is 11.1 Å². The summed E-state index contributed by atoms with van der Waals surface area (Å²) in [6.07, 6.45) is 4.98. The van der Waals surface area contributed by atoms with Gasteiger partial charge in [0.1, 0.15) is 6.07 Å². The lowest BCUT2D eigenvalue weighted by Crippen LogP contribution is -2.12. The highest BCUT2D eigenvalue weighted by molar-refractivity contribution is 7.99. The summed E-state index contributed by atoms with van der Waals surface area (Å²) in [5.74, 6) is 0.795. The molecule has 0 unspecified atom stereocenters. The molecule has 108 valence electrons. The molecular weight excluding hydrogens is 284 g/mol. The van der Waals surface area contributed by atoms with E-state index in [1.54, 1.807) is 40.7 Å². The summed E-state index contributed by atoms with van der Waals surface area (Å²) in [6.45, 7) is 0. The lowest BCUT2D eigenvalue weighted by molar-refractivity contribution is -0.116. The Morgan fingerprint density at radius 2 is 2.29 bits per heavy atom. The average molecular weight is 300 g/mol. The normalized spacial score (nSPS) is 10.1. The Morgan fingerprint density at radius 3 is 3.00 bits per heavy atom. The summed E-state index contributed by atoms with van der Waals surface area (Å²) < 4.78 is 1.76. The molecule has 1 heterocycles. The third-order valence-corrected chi connectivity index (χ3v) is 3.86. The van der Waals surface area contributed by atoms with Crippen molar-refractivity contribution in [3.63, 3.8) is 0 Å². The quantitative estimate of drug-likeness (QED) is 0.658. The van der Waals surface area contributed by atoms with Crippen LogP contribution < -0.4 is 5.32 Å². The predicted molar refractivity (Wildman–Crippen MR) is 83.0 cm³/mol. The average Bonchev–Trinajstić information content (AvgIpc) is 2.90. The monoisotopic (exact) mass is 300 g/mol. The number of thioether (sulfide) groups is 1. The zero-order valence-electron chi connectivity index (χ0n) is 11.7. The molecule has 2 aromatic rings. The molecule has 1 aromatic heterocycles. The smallest absolute Gasteiger partial charge is 0.224 e. The largest absolute Gasteiger partial charge is 0.325 e. The molecule has 0 spiro atoms. The van der Waals surface area contributed by atoms with E-state index in [0.717, 1.165) is 17.1 Å². The summed E-state index contributed by atoms with van der Waals surface area (Å²) in [4.78, 5) is 13.0. The lowest BCUT2D eigenvalue weighted by Gasteiger charge is -2.06. The molecule has 5 nitrogen and oxygen atoms in total. The molecule has 1 N–H and O–H groups in total. The molecule has 0 saturated carbocycles. The number of hydrogen-bond acceptors (Lipinski definition) is 4. The van der Waals surface area contributed by atoms with Gasteiger partial charge in [0.2, 0.25) is 5.91 Å². The van der Waals surface area contributed by atoms with Crippen LogP contribution in [0.2, 0.25) is 0 Å². The van der Waals surface area contributed by atoms with E-state index in [9.17, 15) is 4.79 Å². The molecular formula is C15H16N4OS. The Bertz CT molecular complexity index is 660. The molecule has 1 amide bonds. The van der Waals surface area contributed by atoms with E-state index in [1.807, 2.05) is 19.4 Å². The first-order valence-corrected chi connectivity index (χ1v) is 7.58. The zero-order chi connectivity index (χ0) is 15.1. The van der Waals surface area contributed by atoms with Crippen LogP contribution in [0.15, 0.2) is 41.6 Å². The van der Waals surface area contributed by atoms with E-state index in [-0.39, 0.29) is 5.91 Å². The van der Waals surface area contributed by atoms with Crippen molar-refractivity contribution in [3.8, 4) is 6.07 Å². The fourth-order valence-electron chi connectivity index (χ4n) is 1.80. The highest BCUT2D eigenvalue weighted by Gasteiger charge is 2.06. The first-order valence-electron chi connectivity index (χ1n) is 6.59. The third-order valence-electron chi connectivity index (χ3n) is 2.82. The van der Waals surface area contributed by atoms with Crippen molar-refractivity contribution in [2.24, 2.45) is 7.05 Å². The summed E-state index contributed by atoms with van der Waals surface area (Å²) in [5.41, 5.74) is 1.06. The van der Waals surface area contributed by atoms with Gasteiger partial charge in [-0.05, 0) is 24.3 Å². The first-order chi connectivity index (χ1) is 10.2. The number of carbonyl (C=O) groups excluding carboxylic acids is 1. The second kappa shape index (κ2) is 7.50. The summed E-state index contributed by atoms with van der Waals surface area (Å²) in [7, 11) is 1.88. The van der Waals surface area contributed by atoms with Gasteiger partial charge >= 0.3 is 0 Å². The molecule has 0 saturated heterocycles. The number of aryl methyl sites for hydroxylation is 1. The van der Waals surface area contributed by atoms with Crippen LogP contribution in [0.4, 0.5) is 5.69 Å². The Balaban J connectivity index is 1.74. The number of nitrogens with one attached hydrogen (secondary N) is 1. The standard InChI is InChI=1S/C15H16N4OS/c1-19-11-13(10-17-19)21-8-4-7-15(20)18-14-6-3-2-5-12(14)9-16/h2-3,5-6,10-11H,4,7-8H2,1H3,(H,18,20). The molecule has 6 heteroatoms. The maximum absolute atomic E-state index is 11.8. The van der Waals surface area contributed by atoms with Crippen LogP contribution >= 0.6 is 11.8 Å². The van der Waals surface area contributed by atoms with Crippen LogP contribution in [-0.2, 0) is 11.8 Å². The molecule has 0 atom stereocenters. The SMILES string of the molecule is Cn1cc(SCCCC(=O)Nc2ccccc2C#N)cn1. The first kappa shape index (κ1) is 15.1. The number of anilines is 1. The van der Waals surface area contributed by atoms with Crippen LogP contribution in [0.3, 0.4) is 0 Å². The second-order valence-electron chi connectivity index (χ2n) is 4.51. The molecule has 0 aliphatic rings. The van der Waals surface area contributed by atoms with Gasteiger partial charge < -0.3 is 5.32 Å². The van der Waals surface area contributed by atoms with Crippen LogP contribution in [-0.4, -0.2) is 21.4 Å². The third kappa shape index (κ3) is 4.65. The Morgan fingerprint density at radius 1 is 1.48 bits per heavy atom. The van der Waals surface area contributed by atoms with E-state index in [2.05, 4.69) is 16.5 Å². The number of nitrogens with zero attached hydrogens (tertiary/aromatic N) is 3. The fourth-order valence-corrected chi connectivity index (χ4v) is 2.67. The lowest BCUT2D eigenvalue weighted by atomic mass is 10.2. The topological polar surface area (TPSA) is 70.7 Å². The molecule has 0 fully saturated rings. The second-order valence-corrected chi connectivity index (χ2v) is 5.68. The van der Waals surface area contributed by atoms with Gasteiger partial charge in [-0.1, -0.05) is 12.1 Å². The van der Waals surface area contributed by atoms with Crippen molar-refractivity contribution >= 4 is 23.4 Å². The zero-order valence-corrected chi connectivity index (χ0v) is 12.6. The highest BCUT2D eigenvalue weighted by Crippen LogP contribution is 2.18. The van der Waals surface area contributed by atoms with E-state index >= 15 is 0 Å². The molecule has 0 radical (unpaired) electrons. The van der Waals surface area contributed by atoms with E-state index < -0.39 is 0 Å². The Hall–Kier alpha value is -2.26. The molecule has 2 rings (SSSR count). The molecule has 21 heavy (non-hydrogen) atoms. The van der Waals surface area contributed by atoms with Crippen LogP contribution in [0.5, 0.6) is 0 Å². The Labute approximate surface area is 128 Å². The van der Waals surface area contributed by atoms with Crippen molar-refractivity contribution < 1.29 is 4.79 Å². The minimum atomic E-state index is -0.0653. The maximum Gasteiger partial charge on any atom is 0.224 e. The van der Waals surface area contributed by atoms with Gasteiger partial charge in [-0.3, -0.25) is 9.48 Å². The van der Waals surface area contributed by atoms with E-state index in [0.29, 0.717) is 17.7 Å². The molecule has 1 aromatic carbocycles. The molecule has 0 aliphatic carbocycles. The van der Waals surface area contributed by atoms with Crippen LogP contribution in [0, 0.1) is 11.3 Å². The summed E-state index contributed by atoms with van der Waals surface area (Å²) >= 11 is 1.68. The van der Waals surface area contributed by atoms with Gasteiger partial charge in [0.15, 0.2) is 0 Å². The van der Waals surface area contributed by atoms with E-state index in [4.69, 9.17) is 5.26 Å². The number of nitriles is 1. The number of benzene rings is 1. The van der Waals surface area contributed by atoms with Crippen molar-refractivity contribution in [1.82, 2.24) is 9.78 Å². The van der Waals surface area contributed by atoms with Gasteiger partial charge in [-0.2, -0.15) is 10.4 Å². The number of para-hydroxylation sites is 1. The number of amides is 1. The maximum atomic E-state index is 11.8. The summed E-state index contributed by atoms with van der Waals surface area (Å²) in [6, 6.07) is 9.07. The summed E-state index contributed by atoms with van der Waals surface area (Å²) in [5, 5.41) is 15.8. The van der Waals surface area contributed by atoms with Crippen molar-refractivity contribution in [2.45, 2.75) is 17.7 Å². The number of hydrogen-bond donors (Lipinski definition) is 1.